The minimum atomic E-state index is 0.0784. The molecule has 0 spiro atoms. The summed E-state index contributed by atoms with van der Waals surface area (Å²) in [6.07, 6.45) is 3.02. The Morgan fingerprint density at radius 3 is 2.76 bits per heavy atom. The van der Waals surface area contributed by atoms with E-state index in [9.17, 15) is 4.79 Å². The summed E-state index contributed by atoms with van der Waals surface area (Å²) in [5.41, 5.74) is 3.29. The van der Waals surface area contributed by atoms with Gasteiger partial charge < -0.3 is 0 Å². The van der Waals surface area contributed by atoms with Gasteiger partial charge in [0.05, 0.1) is 5.39 Å². The lowest BCUT2D eigenvalue weighted by Crippen LogP contribution is -2.20. The summed E-state index contributed by atoms with van der Waals surface area (Å²) >= 11 is 3.25. The number of fused-ring (bicyclic) bond motifs is 2. The number of nitrogens with zero attached hydrogens (tertiary/aromatic N) is 2. The van der Waals surface area contributed by atoms with E-state index in [1.807, 2.05) is 46.3 Å². The van der Waals surface area contributed by atoms with Gasteiger partial charge in [-0.2, -0.15) is 0 Å². The van der Waals surface area contributed by atoms with Crippen molar-refractivity contribution >= 4 is 44.5 Å². The smallest absolute Gasteiger partial charge is 0.263 e. The molecule has 1 aliphatic rings. The van der Waals surface area contributed by atoms with Gasteiger partial charge in [-0.25, -0.2) is 4.98 Å². The fourth-order valence-corrected chi connectivity index (χ4v) is 4.95. The number of hydrogen-bond acceptors (Lipinski definition) is 4. The summed E-state index contributed by atoms with van der Waals surface area (Å²) < 4.78 is 1.83. The van der Waals surface area contributed by atoms with Gasteiger partial charge in [0.25, 0.3) is 5.56 Å². The number of hydrogen-bond donors (Lipinski definition) is 0. The quantitative estimate of drug-likeness (QED) is 0.495. The van der Waals surface area contributed by atoms with Gasteiger partial charge in [0, 0.05) is 22.4 Å². The molecular formula is C20H14N2OS2. The fraction of sp³-hybridized carbons (Fsp3) is 0.100. The molecule has 122 valence electrons. The lowest BCUT2D eigenvalue weighted by molar-refractivity contribution is 0.726. The van der Waals surface area contributed by atoms with Crippen LogP contribution in [-0.2, 0) is 6.54 Å². The highest BCUT2D eigenvalue weighted by atomic mass is 32.1. The van der Waals surface area contributed by atoms with Gasteiger partial charge in [0.15, 0.2) is 0 Å². The number of thiophene rings is 2. The topological polar surface area (TPSA) is 34.9 Å². The van der Waals surface area contributed by atoms with Crippen LogP contribution in [0.25, 0.3) is 33.0 Å². The molecule has 0 aliphatic carbocycles. The van der Waals surface area contributed by atoms with E-state index >= 15 is 0 Å². The Balaban J connectivity index is 1.72. The van der Waals surface area contributed by atoms with Crippen molar-refractivity contribution in [2.24, 2.45) is 0 Å². The summed E-state index contributed by atoms with van der Waals surface area (Å²) in [5.74, 6) is 0.826. The van der Waals surface area contributed by atoms with E-state index in [-0.39, 0.29) is 5.56 Å². The molecule has 0 saturated heterocycles. The van der Waals surface area contributed by atoms with E-state index in [1.165, 1.54) is 4.88 Å². The van der Waals surface area contributed by atoms with Gasteiger partial charge in [-0.3, -0.25) is 9.36 Å². The van der Waals surface area contributed by atoms with Crippen LogP contribution in [-0.4, -0.2) is 9.55 Å². The molecule has 4 aromatic rings. The molecule has 1 aliphatic heterocycles. The summed E-state index contributed by atoms with van der Waals surface area (Å²) in [7, 11) is 0. The van der Waals surface area contributed by atoms with Gasteiger partial charge >= 0.3 is 0 Å². The largest absolute Gasteiger partial charge is 0.292 e. The highest BCUT2D eigenvalue weighted by Crippen LogP contribution is 2.34. The maximum atomic E-state index is 13.1. The summed E-state index contributed by atoms with van der Waals surface area (Å²) in [5, 5.41) is 4.86. The minimum Gasteiger partial charge on any atom is -0.292 e. The Kier molecular flexibility index (Phi) is 3.43. The molecule has 0 N–H and O–H groups in total. The van der Waals surface area contributed by atoms with Crippen LogP contribution in [0, 0.1) is 0 Å². The standard InChI is InChI=1S/C20H14N2OS2/c23-20-17-16(13-5-2-1-3-6-13)12-25-19(17)21-18-14(8-9-22(18)20)11-15-7-4-10-24-15/h1-7,10-12H,8-9H2/b14-11+. The van der Waals surface area contributed by atoms with Crippen molar-refractivity contribution in [3.63, 3.8) is 0 Å². The number of rotatable bonds is 2. The first-order valence-corrected chi connectivity index (χ1v) is 9.89. The Morgan fingerprint density at radius 1 is 1.08 bits per heavy atom. The second kappa shape index (κ2) is 5.79. The molecule has 0 fully saturated rings. The Hall–Kier alpha value is -2.50. The molecule has 3 nitrogen and oxygen atoms in total. The molecule has 4 heterocycles. The van der Waals surface area contributed by atoms with Crippen LogP contribution in [0.4, 0.5) is 0 Å². The predicted octanol–water partition coefficient (Wildman–Crippen LogP) is 5.13. The van der Waals surface area contributed by atoms with E-state index in [4.69, 9.17) is 4.98 Å². The van der Waals surface area contributed by atoms with Gasteiger partial charge in [-0.15, -0.1) is 22.7 Å². The van der Waals surface area contributed by atoms with Crippen LogP contribution >= 0.6 is 22.7 Å². The normalized spacial score (nSPS) is 15.1. The van der Waals surface area contributed by atoms with Crippen molar-refractivity contribution in [3.05, 3.63) is 74.3 Å². The SMILES string of the molecule is O=c1c2c(-c3ccccc3)csc2nc2n1CC/C2=C\c1cccs1. The highest BCUT2D eigenvalue weighted by molar-refractivity contribution is 7.17. The number of allylic oxidation sites excluding steroid dienone is 1. The molecular weight excluding hydrogens is 348 g/mol. The lowest BCUT2D eigenvalue weighted by Gasteiger charge is -2.04. The van der Waals surface area contributed by atoms with E-state index in [1.54, 1.807) is 22.7 Å². The van der Waals surface area contributed by atoms with Crippen molar-refractivity contribution in [2.75, 3.05) is 0 Å². The maximum Gasteiger partial charge on any atom is 0.263 e. The van der Waals surface area contributed by atoms with Crippen molar-refractivity contribution in [2.45, 2.75) is 13.0 Å². The molecule has 5 heteroatoms. The Bertz CT molecular complexity index is 1150. The molecule has 25 heavy (non-hydrogen) atoms. The summed E-state index contributed by atoms with van der Waals surface area (Å²) in [6.45, 7) is 0.707. The second-order valence-electron chi connectivity index (χ2n) is 6.02. The van der Waals surface area contributed by atoms with Crippen LogP contribution in [0.15, 0.2) is 58.0 Å². The molecule has 5 rings (SSSR count). The molecule has 0 radical (unpaired) electrons. The first-order chi connectivity index (χ1) is 12.3. The summed E-state index contributed by atoms with van der Waals surface area (Å²) in [6, 6.07) is 14.2. The zero-order valence-corrected chi connectivity index (χ0v) is 14.9. The fourth-order valence-electron chi connectivity index (χ4n) is 3.33. The van der Waals surface area contributed by atoms with E-state index in [0.717, 1.165) is 39.2 Å². The molecule has 0 unspecified atom stereocenters. The Labute approximate surface area is 152 Å². The maximum absolute atomic E-state index is 13.1. The van der Waals surface area contributed by atoms with Crippen molar-refractivity contribution < 1.29 is 0 Å². The first kappa shape index (κ1) is 14.8. The lowest BCUT2D eigenvalue weighted by atomic mass is 10.1. The van der Waals surface area contributed by atoms with Gasteiger partial charge in [-0.1, -0.05) is 36.4 Å². The summed E-state index contributed by atoms with van der Waals surface area (Å²) in [4.78, 5) is 20.0. The molecule has 0 atom stereocenters. The molecule has 3 aromatic heterocycles. The van der Waals surface area contributed by atoms with Gasteiger partial charge in [0.1, 0.15) is 10.7 Å². The Morgan fingerprint density at radius 2 is 1.96 bits per heavy atom. The molecule has 0 amide bonds. The number of aromatic nitrogens is 2. The second-order valence-corrected chi connectivity index (χ2v) is 7.86. The van der Waals surface area contributed by atoms with Crippen LogP contribution in [0.5, 0.6) is 0 Å². The zero-order valence-electron chi connectivity index (χ0n) is 13.3. The van der Waals surface area contributed by atoms with Crippen LogP contribution in [0.2, 0.25) is 0 Å². The van der Waals surface area contributed by atoms with Crippen LogP contribution < -0.4 is 5.56 Å². The van der Waals surface area contributed by atoms with Gasteiger partial charge in [-0.05, 0) is 35.1 Å². The third kappa shape index (κ3) is 2.39. The van der Waals surface area contributed by atoms with Gasteiger partial charge in [0.2, 0.25) is 0 Å². The van der Waals surface area contributed by atoms with E-state index < -0.39 is 0 Å². The third-order valence-electron chi connectivity index (χ3n) is 4.53. The van der Waals surface area contributed by atoms with Crippen molar-refractivity contribution in [1.82, 2.24) is 9.55 Å². The minimum absolute atomic E-state index is 0.0784. The van der Waals surface area contributed by atoms with Crippen LogP contribution in [0.3, 0.4) is 0 Å². The molecule has 1 aromatic carbocycles. The van der Waals surface area contributed by atoms with Crippen LogP contribution in [0.1, 0.15) is 17.1 Å². The van der Waals surface area contributed by atoms with Crippen molar-refractivity contribution in [1.29, 1.82) is 0 Å². The van der Waals surface area contributed by atoms with E-state index in [2.05, 4.69) is 17.5 Å². The average molecular weight is 362 g/mol. The highest BCUT2D eigenvalue weighted by Gasteiger charge is 2.23. The molecule has 0 bridgehead atoms. The monoisotopic (exact) mass is 362 g/mol. The average Bonchev–Trinajstić information content (AvgIpc) is 3.37. The molecule has 0 saturated carbocycles. The number of benzene rings is 1. The zero-order chi connectivity index (χ0) is 16.8. The first-order valence-electron chi connectivity index (χ1n) is 8.13. The predicted molar refractivity (Wildman–Crippen MR) is 106 cm³/mol. The van der Waals surface area contributed by atoms with Crippen molar-refractivity contribution in [3.8, 4) is 11.1 Å². The third-order valence-corrected chi connectivity index (χ3v) is 6.22. The van der Waals surface area contributed by atoms with E-state index in [0.29, 0.717) is 6.54 Å².